The Kier molecular flexibility index (Phi) is 3.92. The van der Waals surface area contributed by atoms with Gasteiger partial charge in [-0.2, -0.15) is 0 Å². The third-order valence-electron chi connectivity index (χ3n) is 2.99. The number of nitrogens with zero attached hydrogens (tertiary/aromatic N) is 2. The third kappa shape index (κ3) is 3.06. The Hall–Kier alpha value is -1.91. The molecule has 2 aromatic rings. The largest absolute Gasteiger partial charge is 0.359 e. The van der Waals surface area contributed by atoms with Gasteiger partial charge in [-0.3, -0.25) is 4.79 Å². The summed E-state index contributed by atoms with van der Waals surface area (Å²) in [6, 6.07) is 3.85. The van der Waals surface area contributed by atoms with E-state index in [0.29, 0.717) is 12.3 Å². The van der Waals surface area contributed by atoms with Crippen LogP contribution >= 0.6 is 0 Å². The quantitative estimate of drug-likeness (QED) is 0.843. The average Bonchev–Trinajstić information content (AvgIpc) is 2.77. The van der Waals surface area contributed by atoms with Gasteiger partial charge in [0, 0.05) is 26.1 Å². The number of H-pyrrole nitrogens is 1. The molecule has 2 aromatic heterocycles. The van der Waals surface area contributed by atoms with Crippen molar-refractivity contribution in [3.63, 3.8) is 0 Å². The normalized spacial score (nSPS) is 12.6. The number of aromatic amines is 1. The third-order valence-corrected chi connectivity index (χ3v) is 2.99. The highest BCUT2D eigenvalue weighted by molar-refractivity contribution is 5.75. The van der Waals surface area contributed by atoms with Crippen molar-refractivity contribution in [3.05, 3.63) is 24.2 Å². The Morgan fingerprint density at radius 2 is 2.39 bits per heavy atom. The number of rotatable bonds is 5. The summed E-state index contributed by atoms with van der Waals surface area (Å²) in [6.07, 6.45) is 4.01. The number of carbonyl (C=O) groups is 1. The Balaban J connectivity index is 1.94. The second-order valence-corrected chi connectivity index (χ2v) is 4.58. The highest BCUT2D eigenvalue weighted by atomic mass is 16.1. The van der Waals surface area contributed by atoms with Crippen molar-refractivity contribution >= 4 is 17.1 Å². The summed E-state index contributed by atoms with van der Waals surface area (Å²) in [4.78, 5) is 23.0. The van der Waals surface area contributed by atoms with Crippen molar-refractivity contribution in [2.45, 2.75) is 26.2 Å². The predicted molar refractivity (Wildman–Crippen MR) is 70.1 cm³/mol. The van der Waals surface area contributed by atoms with Crippen molar-refractivity contribution < 1.29 is 4.79 Å². The predicted octanol–water partition coefficient (Wildman–Crippen LogP) is 1.66. The molecule has 96 valence electrons. The molecule has 0 spiro atoms. The molecule has 0 radical (unpaired) electrons. The molecule has 1 atom stereocenters. The van der Waals surface area contributed by atoms with Crippen LogP contribution in [0, 0.1) is 5.92 Å². The highest BCUT2D eigenvalue weighted by Gasteiger charge is 2.10. The Bertz CT molecular complexity index is 502. The lowest BCUT2D eigenvalue weighted by molar-refractivity contribution is -0.120. The maximum absolute atomic E-state index is 11.2. The fourth-order valence-electron chi connectivity index (χ4n) is 1.93. The summed E-state index contributed by atoms with van der Waals surface area (Å²) < 4.78 is 0. The molecule has 1 amide bonds. The smallest absolute Gasteiger partial charge is 0.219 e. The first-order valence-electron chi connectivity index (χ1n) is 6.19. The van der Waals surface area contributed by atoms with Crippen LogP contribution in [-0.2, 0) is 11.2 Å². The Morgan fingerprint density at radius 3 is 3.11 bits per heavy atom. The SMILES string of the molecule is CNC(=O)CC[C@H](C)Cc1nc2ncccc2[nH]1. The molecule has 5 heteroatoms. The lowest BCUT2D eigenvalue weighted by Crippen LogP contribution is -2.18. The summed E-state index contributed by atoms with van der Waals surface area (Å²) in [5.74, 6) is 1.45. The van der Waals surface area contributed by atoms with Crippen molar-refractivity contribution in [3.8, 4) is 0 Å². The molecule has 0 saturated heterocycles. The molecule has 0 aromatic carbocycles. The first-order valence-corrected chi connectivity index (χ1v) is 6.19. The number of nitrogens with one attached hydrogen (secondary N) is 2. The van der Waals surface area contributed by atoms with E-state index in [1.807, 2.05) is 12.1 Å². The van der Waals surface area contributed by atoms with Gasteiger partial charge in [0.2, 0.25) is 5.91 Å². The van der Waals surface area contributed by atoms with E-state index in [1.54, 1.807) is 13.2 Å². The molecule has 0 bridgehead atoms. The number of imidazole rings is 1. The standard InChI is InChI=1S/C13H18N4O/c1-9(5-6-12(18)14-2)8-11-16-10-4-3-7-15-13(10)17-11/h3-4,7,9H,5-6,8H2,1-2H3,(H,14,18)(H,15,16,17)/t9-/m0/s1. The van der Waals surface area contributed by atoms with Crippen LogP contribution in [0.5, 0.6) is 0 Å². The zero-order valence-electron chi connectivity index (χ0n) is 10.7. The second-order valence-electron chi connectivity index (χ2n) is 4.58. The van der Waals surface area contributed by atoms with Gasteiger partial charge in [-0.15, -0.1) is 0 Å². The minimum atomic E-state index is 0.0909. The number of aromatic nitrogens is 3. The Labute approximate surface area is 106 Å². The molecule has 0 aliphatic heterocycles. The van der Waals surface area contributed by atoms with Gasteiger partial charge in [-0.1, -0.05) is 6.92 Å². The Morgan fingerprint density at radius 1 is 1.56 bits per heavy atom. The van der Waals surface area contributed by atoms with E-state index >= 15 is 0 Å². The zero-order chi connectivity index (χ0) is 13.0. The van der Waals surface area contributed by atoms with Crippen LogP contribution in [0.2, 0.25) is 0 Å². The molecular weight excluding hydrogens is 228 g/mol. The molecular formula is C13H18N4O. The first-order chi connectivity index (χ1) is 8.69. The van der Waals surface area contributed by atoms with E-state index in [-0.39, 0.29) is 5.91 Å². The maximum Gasteiger partial charge on any atom is 0.219 e. The van der Waals surface area contributed by atoms with Crippen LogP contribution in [0.1, 0.15) is 25.6 Å². The number of carbonyl (C=O) groups excluding carboxylic acids is 1. The molecule has 2 rings (SSSR count). The summed E-state index contributed by atoms with van der Waals surface area (Å²) >= 11 is 0. The molecule has 0 aliphatic carbocycles. The fourth-order valence-corrected chi connectivity index (χ4v) is 1.93. The molecule has 0 aliphatic rings. The molecule has 2 N–H and O–H groups in total. The van der Waals surface area contributed by atoms with E-state index in [1.165, 1.54) is 0 Å². The van der Waals surface area contributed by atoms with E-state index in [2.05, 4.69) is 27.2 Å². The topological polar surface area (TPSA) is 70.7 Å². The van der Waals surface area contributed by atoms with Crippen LogP contribution in [0.25, 0.3) is 11.2 Å². The van der Waals surface area contributed by atoms with Gasteiger partial charge in [0.15, 0.2) is 5.65 Å². The zero-order valence-corrected chi connectivity index (χ0v) is 10.7. The number of fused-ring (bicyclic) bond motifs is 1. The van der Waals surface area contributed by atoms with Gasteiger partial charge >= 0.3 is 0 Å². The van der Waals surface area contributed by atoms with Gasteiger partial charge in [0.25, 0.3) is 0 Å². The number of amides is 1. The van der Waals surface area contributed by atoms with Crippen LogP contribution in [0.15, 0.2) is 18.3 Å². The van der Waals surface area contributed by atoms with Crippen LogP contribution in [-0.4, -0.2) is 27.9 Å². The van der Waals surface area contributed by atoms with Crippen molar-refractivity contribution in [2.24, 2.45) is 5.92 Å². The van der Waals surface area contributed by atoms with Crippen LogP contribution in [0.3, 0.4) is 0 Å². The lowest BCUT2D eigenvalue weighted by atomic mass is 10.0. The summed E-state index contributed by atoms with van der Waals surface area (Å²) in [5.41, 5.74) is 1.72. The monoisotopic (exact) mass is 246 g/mol. The van der Waals surface area contributed by atoms with Crippen molar-refractivity contribution in [1.82, 2.24) is 20.3 Å². The first kappa shape index (κ1) is 12.5. The van der Waals surface area contributed by atoms with E-state index in [9.17, 15) is 4.79 Å². The minimum absolute atomic E-state index is 0.0909. The number of hydrogen-bond donors (Lipinski definition) is 2. The number of pyridine rings is 1. The van der Waals surface area contributed by atoms with E-state index < -0.39 is 0 Å². The highest BCUT2D eigenvalue weighted by Crippen LogP contribution is 2.14. The number of hydrogen-bond acceptors (Lipinski definition) is 3. The summed E-state index contributed by atoms with van der Waals surface area (Å²) in [7, 11) is 1.66. The summed E-state index contributed by atoms with van der Waals surface area (Å²) in [5, 5.41) is 2.63. The molecule has 18 heavy (non-hydrogen) atoms. The van der Waals surface area contributed by atoms with Gasteiger partial charge in [-0.25, -0.2) is 9.97 Å². The maximum atomic E-state index is 11.2. The molecule has 0 fully saturated rings. The van der Waals surface area contributed by atoms with E-state index in [4.69, 9.17) is 0 Å². The molecule has 0 unspecified atom stereocenters. The fraction of sp³-hybridized carbons (Fsp3) is 0.462. The summed E-state index contributed by atoms with van der Waals surface area (Å²) in [6.45, 7) is 2.13. The second kappa shape index (κ2) is 5.62. The molecule has 5 nitrogen and oxygen atoms in total. The molecule has 0 saturated carbocycles. The van der Waals surface area contributed by atoms with Gasteiger partial charge in [-0.05, 0) is 24.5 Å². The molecule has 2 heterocycles. The van der Waals surface area contributed by atoms with Crippen LogP contribution in [0.4, 0.5) is 0 Å². The van der Waals surface area contributed by atoms with Gasteiger partial charge < -0.3 is 10.3 Å². The average molecular weight is 246 g/mol. The van der Waals surface area contributed by atoms with Gasteiger partial charge in [0.05, 0.1) is 5.52 Å². The van der Waals surface area contributed by atoms with E-state index in [0.717, 1.165) is 29.8 Å². The van der Waals surface area contributed by atoms with Crippen molar-refractivity contribution in [2.75, 3.05) is 7.05 Å². The lowest BCUT2D eigenvalue weighted by Gasteiger charge is -2.08. The minimum Gasteiger partial charge on any atom is -0.359 e. The van der Waals surface area contributed by atoms with Crippen molar-refractivity contribution in [1.29, 1.82) is 0 Å². The van der Waals surface area contributed by atoms with Crippen LogP contribution < -0.4 is 5.32 Å². The van der Waals surface area contributed by atoms with Gasteiger partial charge in [0.1, 0.15) is 5.82 Å².